The van der Waals surface area contributed by atoms with Crippen LogP contribution in [0.25, 0.3) is 0 Å². The van der Waals surface area contributed by atoms with Crippen LogP contribution in [0.2, 0.25) is 0 Å². The van der Waals surface area contributed by atoms with Gasteiger partial charge in [-0.25, -0.2) is 0 Å². The molecule has 2 heteroatoms. The maximum Gasteiger partial charge on any atom is 0.0317 e. The lowest BCUT2D eigenvalue weighted by Gasteiger charge is -2.17. The van der Waals surface area contributed by atoms with E-state index in [2.05, 4.69) is 52.4 Å². The van der Waals surface area contributed by atoms with E-state index in [1.165, 1.54) is 31.2 Å². The molecule has 2 rings (SSSR count). The van der Waals surface area contributed by atoms with E-state index in [-0.39, 0.29) is 0 Å². The van der Waals surface area contributed by atoms with Crippen molar-refractivity contribution in [1.82, 2.24) is 5.32 Å². The molecule has 1 fully saturated rings. The molecule has 1 aromatic carbocycles. The summed E-state index contributed by atoms with van der Waals surface area (Å²) in [5, 5.41) is 3.67. The first-order chi connectivity index (χ1) is 8.29. The molecule has 17 heavy (non-hydrogen) atoms. The van der Waals surface area contributed by atoms with Crippen molar-refractivity contribution in [3.05, 3.63) is 34.3 Å². The predicted octanol–water partition coefficient (Wildman–Crippen LogP) is 4.68. The van der Waals surface area contributed by atoms with Gasteiger partial charge in [-0.15, -0.1) is 0 Å². The lowest BCUT2D eigenvalue weighted by Crippen LogP contribution is -2.21. The Bertz CT molecular complexity index is 329. The summed E-state index contributed by atoms with van der Waals surface area (Å²) in [6, 6.07) is 9.20. The van der Waals surface area contributed by atoms with Crippen molar-refractivity contribution in [2.75, 3.05) is 6.54 Å². The average Bonchev–Trinajstić information content (AvgIpc) is 3.15. The van der Waals surface area contributed by atoms with Crippen molar-refractivity contribution in [3.8, 4) is 0 Å². The first-order valence-electron chi connectivity index (χ1n) is 6.78. The highest BCUT2D eigenvalue weighted by Gasteiger charge is 2.20. The largest absolute Gasteiger partial charge is 0.310 e. The molecule has 1 saturated carbocycles. The van der Waals surface area contributed by atoms with E-state index in [1.54, 1.807) is 0 Å². The number of hydrogen-bond donors (Lipinski definition) is 1. The minimum atomic E-state index is 0.516. The number of hydrogen-bond acceptors (Lipinski definition) is 1. The Kier molecular flexibility index (Phi) is 5.05. The van der Waals surface area contributed by atoms with Gasteiger partial charge in [0.25, 0.3) is 0 Å². The van der Waals surface area contributed by atoms with Gasteiger partial charge in [0.15, 0.2) is 0 Å². The van der Waals surface area contributed by atoms with Gasteiger partial charge in [0.2, 0.25) is 0 Å². The van der Waals surface area contributed by atoms with Gasteiger partial charge in [0.05, 0.1) is 0 Å². The van der Waals surface area contributed by atoms with Gasteiger partial charge in [-0.1, -0.05) is 47.8 Å². The molecule has 0 amide bonds. The fourth-order valence-electron chi connectivity index (χ4n) is 2.27. The highest BCUT2D eigenvalue weighted by molar-refractivity contribution is 9.10. The molecule has 1 atom stereocenters. The first kappa shape index (κ1) is 13.1. The van der Waals surface area contributed by atoms with Crippen LogP contribution in [0.3, 0.4) is 0 Å². The van der Waals surface area contributed by atoms with E-state index in [9.17, 15) is 0 Å². The molecule has 0 aliphatic heterocycles. The number of rotatable bonds is 7. The fourth-order valence-corrected chi connectivity index (χ4v) is 2.53. The molecule has 94 valence electrons. The number of nitrogens with one attached hydrogen (secondary N) is 1. The van der Waals surface area contributed by atoms with Gasteiger partial charge in [0.1, 0.15) is 0 Å². The van der Waals surface area contributed by atoms with Crippen molar-refractivity contribution in [2.24, 2.45) is 5.92 Å². The summed E-state index contributed by atoms with van der Waals surface area (Å²) in [4.78, 5) is 0. The first-order valence-corrected chi connectivity index (χ1v) is 7.57. The van der Waals surface area contributed by atoms with Crippen LogP contribution in [-0.4, -0.2) is 6.54 Å². The van der Waals surface area contributed by atoms with E-state index < -0.39 is 0 Å². The predicted molar refractivity (Wildman–Crippen MR) is 77.1 cm³/mol. The molecule has 0 heterocycles. The lowest BCUT2D eigenvalue weighted by molar-refractivity contribution is 0.495. The normalized spacial score (nSPS) is 17.1. The summed E-state index contributed by atoms with van der Waals surface area (Å²) >= 11 is 3.48. The minimum absolute atomic E-state index is 0.516. The Balaban J connectivity index is 1.76. The zero-order chi connectivity index (χ0) is 12.1. The van der Waals surface area contributed by atoms with Crippen molar-refractivity contribution < 1.29 is 0 Å². The summed E-state index contributed by atoms with van der Waals surface area (Å²) in [6.45, 7) is 3.41. The van der Waals surface area contributed by atoms with E-state index in [4.69, 9.17) is 0 Å². The van der Waals surface area contributed by atoms with E-state index in [0.29, 0.717) is 6.04 Å². The number of halogens is 1. The van der Waals surface area contributed by atoms with E-state index in [1.807, 2.05) is 0 Å². The quantitative estimate of drug-likeness (QED) is 0.720. The van der Waals surface area contributed by atoms with Crippen LogP contribution in [0, 0.1) is 5.92 Å². The van der Waals surface area contributed by atoms with Gasteiger partial charge >= 0.3 is 0 Å². The van der Waals surface area contributed by atoms with Crippen LogP contribution in [-0.2, 0) is 0 Å². The zero-order valence-corrected chi connectivity index (χ0v) is 12.2. The van der Waals surface area contributed by atoms with Crippen LogP contribution in [0.4, 0.5) is 0 Å². The topological polar surface area (TPSA) is 12.0 Å². The van der Waals surface area contributed by atoms with Gasteiger partial charge in [-0.3, -0.25) is 0 Å². The van der Waals surface area contributed by atoms with E-state index in [0.717, 1.165) is 23.4 Å². The van der Waals surface area contributed by atoms with Gasteiger partial charge in [0, 0.05) is 10.5 Å². The maximum atomic E-state index is 3.67. The maximum absolute atomic E-state index is 3.67. The van der Waals surface area contributed by atoms with Crippen molar-refractivity contribution in [3.63, 3.8) is 0 Å². The molecule has 0 spiro atoms. The molecule has 0 saturated heterocycles. The summed E-state index contributed by atoms with van der Waals surface area (Å²) in [5.41, 5.74) is 1.40. The molecule has 1 aromatic rings. The fraction of sp³-hybridized carbons (Fsp3) is 0.600. The summed E-state index contributed by atoms with van der Waals surface area (Å²) < 4.78 is 1.16. The van der Waals surface area contributed by atoms with Crippen LogP contribution in [0.1, 0.15) is 50.6 Å². The second-order valence-electron chi connectivity index (χ2n) is 5.05. The number of benzene rings is 1. The lowest BCUT2D eigenvalue weighted by atomic mass is 10.0. The third-order valence-corrected chi connectivity index (χ3v) is 4.09. The van der Waals surface area contributed by atoms with Crippen LogP contribution >= 0.6 is 15.9 Å². The molecule has 0 radical (unpaired) electrons. The summed E-state index contributed by atoms with van der Waals surface area (Å²) in [6.07, 6.45) is 6.86. The Labute approximate surface area is 113 Å². The molecular formula is C15H22BrN. The zero-order valence-electron chi connectivity index (χ0n) is 10.6. The summed E-state index contributed by atoms with van der Waals surface area (Å²) in [5.74, 6) is 1.06. The smallest absolute Gasteiger partial charge is 0.0317 e. The standard InChI is InChI=1S/C15H22BrN/c1-2-15(13-7-9-14(16)10-8-13)17-11-3-4-12-5-6-12/h7-10,12,15,17H,2-6,11H2,1H3. The monoisotopic (exact) mass is 295 g/mol. The third kappa shape index (κ3) is 4.44. The van der Waals surface area contributed by atoms with Gasteiger partial charge in [-0.2, -0.15) is 0 Å². The van der Waals surface area contributed by atoms with Gasteiger partial charge in [-0.05, 0) is 49.4 Å². The molecular weight excluding hydrogens is 274 g/mol. The van der Waals surface area contributed by atoms with Crippen LogP contribution in [0.5, 0.6) is 0 Å². The molecule has 1 N–H and O–H groups in total. The van der Waals surface area contributed by atoms with Crippen molar-refractivity contribution in [1.29, 1.82) is 0 Å². The van der Waals surface area contributed by atoms with Crippen LogP contribution in [0.15, 0.2) is 28.7 Å². The van der Waals surface area contributed by atoms with Crippen LogP contribution < -0.4 is 5.32 Å². The molecule has 1 aliphatic rings. The van der Waals surface area contributed by atoms with E-state index >= 15 is 0 Å². The highest BCUT2D eigenvalue weighted by atomic mass is 79.9. The average molecular weight is 296 g/mol. The molecule has 1 unspecified atom stereocenters. The SMILES string of the molecule is CCC(NCCCC1CC1)c1ccc(Br)cc1. The second-order valence-corrected chi connectivity index (χ2v) is 5.97. The molecule has 1 aliphatic carbocycles. The second kappa shape index (κ2) is 6.55. The molecule has 0 bridgehead atoms. The molecule has 0 aromatic heterocycles. The Morgan fingerprint density at radius 3 is 2.59 bits per heavy atom. The molecule has 1 nitrogen and oxygen atoms in total. The Morgan fingerprint density at radius 2 is 2.00 bits per heavy atom. The van der Waals surface area contributed by atoms with Crippen molar-refractivity contribution in [2.45, 2.75) is 45.1 Å². The summed E-state index contributed by atoms with van der Waals surface area (Å²) in [7, 11) is 0. The van der Waals surface area contributed by atoms with Crippen molar-refractivity contribution >= 4 is 15.9 Å². The third-order valence-electron chi connectivity index (χ3n) is 3.56. The van der Waals surface area contributed by atoms with Gasteiger partial charge < -0.3 is 5.32 Å². The Morgan fingerprint density at radius 1 is 1.29 bits per heavy atom. The highest BCUT2D eigenvalue weighted by Crippen LogP contribution is 2.33. The minimum Gasteiger partial charge on any atom is -0.310 e. The Hall–Kier alpha value is -0.340.